The van der Waals surface area contributed by atoms with E-state index in [2.05, 4.69) is 28.0 Å². The van der Waals surface area contributed by atoms with E-state index in [4.69, 9.17) is 21.9 Å². The van der Waals surface area contributed by atoms with E-state index in [0.717, 1.165) is 55.7 Å². The van der Waals surface area contributed by atoms with Crippen LogP contribution in [0.4, 0.5) is 5.69 Å². The van der Waals surface area contributed by atoms with Crippen molar-refractivity contribution in [3.05, 3.63) is 29.8 Å². The Bertz CT molecular complexity index is 887. The van der Waals surface area contributed by atoms with E-state index in [-0.39, 0.29) is 11.5 Å². The smallest absolute Gasteiger partial charge is 0.127 e. The highest BCUT2D eigenvalue weighted by molar-refractivity contribution is 7.80. The summed E-state index contributed by atoms with van der Waals surface area (Å²) in [5.41, 5.74) is 1.72. The van der Waals surface area contributed by atoms with Gasteiger partial charge >= 0.3 is 0 Å². The molecule has 0 N–H and O–H groups in total. The van der Waals surface area contributed by atoms with Gasteiger partial charge in [-0.1, -0.05) is 50.7 Å². The lowest BCUT2D eigenvalue weighted by molar-refractivity contribution is 0.00761. The molecule has 1 aromatic carbocycles. The van der Waals surface area contributed by atoms with Crippen LogP contribution in [-0.4, -0.2) is 54.1 Å². The summed E-state index contributed by atoms with van der Waals surface area (Å²) in [5.74, 6) is 1.16. The van der Waals surface area contributed by atoms with Gasteiger partial charge in [-0.2, -0.15) is 5.26 Å². The van der Waals surface area contributed by atoms with Gasteiger partial charge in [0.05, 0.1) is 41.9 Å². The van der Waals surface area contributed by atoms with Gasteiger partial charge in [0, 0.05) is 24.2 Å². The first-order chi connectivity index (χ1) is 15.7. The molecule has 0 aromatic heterocycles. The maximum atomic E-state index is 9.29. The number of thiocarbonyl (C=S) groups is 1. The minimum atomic E-state index is -0.0215. The molecule has 4 aliphatic rings. The Morgan fingerprint density at radius 1 is 0.969 bits per heavy atom. The zero-order valence-corrected chi connectivity index (χ0v) is 19.8. The van der Waals surface area contributed by atoms with Crippen molar-refractivity contribution in [3.63, 3.8) is 0 Å². The molecule has 2 aliphatic carbocycles. The standard InChI is InChI=1S/C26H34N4OS/c27-19-20-9-11-22(12-10-20)30-24(28-21-7-3-1-4-8-21)23(29-15-17-31-18-16-29)26(25(30)32)13-5-2-6-14-26/h9-12,21,23H,1-8,13-18H2/t23-/m1/s1. The number of morpholine rings is 1. The second-order valence-corrected chi connectivity index (χ2v) is 10.2. The monoisotopic (exact) mass is 450 g/mol. The molecule has 32 heavy (non-hydrogen) atoms. The third-order valence-corrected chi connectivity index (χ3v) is 8.52. The summed E-state index contributed by atoms with van der Waals surface area (Å²) in [5, 5.41) is 9.29. The second kappa shape index (κ2) is 9.59. The van der Waals surface area contributed by atoms with Crippen molar-refractivity contribution in [1.29, 1.82) is 5.26 Å². The van der Waals surface area contributed by atoms with Gasteiger partial charge in [0.2, 0.25) is 0 Å². The Morgan fingerprint density at radius 3 is 2.28 bits per heavy atom. The highest BCUT2D eigenvalue weighted by Crippen LogP contribution is 2.50. The third kappa shape index (κ3) is 4.00. The highest BCUT2D eigenvalue weighted by Gasteiger charge is 2.57. The maximum absolute atomic E-state index is 9.29. The van der Waals surface area contributed by atoms with Crippen LogP contribution in [-0.2, 0) is 4.74 Å². The number of amidine groups is 1. The molecule has 2 saturated carbocycles. The Labute approximate surface area is 197 Å². The van der Waals surface area contributed by atoms with Crippen molar-refractivity contribution in [2.24, 2.45) is 10.4 Å². The predicted octanol–water partition coefficient (Wildman–Crippen LogP) is 5.09. The summed E-state index contributed by atoms with van der Waals surface area (Å²) < 4.78 is 5.73. The molecule has 5 nitrogen and oxygen atoms in total. The summed E-state index contributed by atoms with van der Waals surface area (Å²) >= 11 is 6.33. The van der Waals surface area contributed by atoms with Crippen molar-refractivity contribution < 1.29 is 4.74 Å². The largest absolute Gasteiger partial charge is 0.379 e. The van der Waals surface area contributed by atoms with Crippen LogP contribution in [0, 0.1) is 16.7 Å². The number of benzene rings is 1. The van der Waals surface area contributed by atoms with Crippen LogP contribution >= 0.6 is 12.2 Å². The molecule has 2 heterocycles. The number of hydrogen-bond acceptors (Lipinski definition) is 5. The van der Waals surface area contributed by atoms with Crippen molar-refractivity contribution >= 4 is 28.7 Å². The van der Waals surface area contributed by atoms with Crippen LogP contribution in [0.5, 0.6) is 0 Å². The average Bonchev–Trinajstić information content (AvgIpc) is 3.07. The SMILES string of the molecule is N#Cc1ccc(N2C(=S)C3(CCCCC3)[C@H](N3CCOCC3)C2=NC2CCCCC2)cc1. The number of nitriles is 1. The van der Waals surface area contributed by atoms with E-state index < -0.39 is 0 Å². The van der Waals surface area contributed by atoms with Crippen LogP contribution in [0.2, 0.25) is 0 Å². The molecule has 2 aliphatic heterocycles. The molecule has 5 rings (SSSR count). The zero-order chi connectivity index (χ0) is 22.0. The van der Waals surface area contributed by atoms with Gasteiger partial charge in [-0.15, -0.1) is 0 Å². The Balaban J connectivity index is 1.61. The zero-order valence-electron chi connectivity index (χ0n) is 19.0. The van der Waals surface area contributed by atoms with E-state index in [9.17, 15) is 5.26 Å². The Kier molecular flexibility index (Phi) is 6.59. The van der Waals surface area contributed by atoms with E-state index in [0.29, 0.717) is 11.6 Å². The van der Waals surface area contributed by atoms with E-state index in [1.807, 2.05) is 12.1 Å². The molecule has 0 unspecified atom stereocenters. The second-order valence-electron chi connectivity index (χ2n) is 9.85. The Morgan fingerprint density at radius 2 is 1.62 bits per heavy atom. The molecular formula is C26H34N4OS. The number of hydrogen-bond donors (Lipinski definition) is 0. The lowest BCUT2D eigenvalue weighted by Gasteiger charge is -2.44. The molecule has 4 fully saturated rings. The van der Waals surface area contributed by atoms with Crippen molar-refractivity contribution in [2.75, 3.05) is 31.2 Å². The Hall–Kier alpha value is -1.81. The molecule has 1 spiro atoms. The molecule has 1 atom stereocenters. The third-order valence-electron chi connectivity index (χ3n) is 7.93. The first-order valence-corrected chi connectivity index (χ1v) is 12.9. The lowest BCUT2D eigenvalue weighted by atomic mass is 9.70. The molecule has 0 bridgehead atoms. The number of anilines is 1. The van der Waals surface area contributed by atoms with Crippen LogP contribution in [0.25, 0.3) is 0 Å². The average molecular weight is 451 g/mol. The molecular weight excluding hydrogens is 416 g/mol. The van der Waals surface area contributed by atoms with Crippen LogP contribution in [0.1, 0.15) is 69.8 Å². The molecule has 1 aromatic rings. The van der Waals surface area contributed by atoms with Gasteiger partial charge < -0.3 is 4.74 Å². The summed E-state index contributed by atoms with van der Waals surface area (Å²) in [6.07, 6.45) is 12.3. The molecule has 0 radical (unpaired) electrons. The number of rotatable bonds is 3. The van der Waals surface area contributed by atoms with Crippen LogP contribution < -0.4 is 4.90 Å². The van der Waals surface area contributed by atoms with E-state index in [1.165, 1.54) is 51.4 Å². The lowest BCUT2D eigenvalue weighted by Crippen LogP contribution is -2.54. The molecule has 2 saturated heterocycles. The normalized spacial score (nSPS) is 28.3. The topological polar surface area (TPSA) is 51.9 Å². The van der Waals surface area contributed by atoms with E-state index >= 15 is 0 Å². The minimum absolute atomic E-state index is 0.0215. The van der Waals surface area contributed by atoms with Gasteiger partial charge in [0.15, 0.2) is 0 Å². The first-order valence-electron chi connectivity index (χ1n) is 12.5. The first kappa shape index (κ1) is 22.0. The van der Waals surface area contributed by atoms with Crippen LogP contribution in [0.15, 0.2) is 29.3 Å². The van der Waals surface area contributed by atoms with Crippen molar-refractivity contribution in [1.82, 2.24) is 4.90 Å². The highest BCUT2D eigenvalue weighted by atomic mass is 32.1. The maximum Gasteiger partial charge on any atom is 0.127 e. The van der Waals surface area contributed by atoms with Crippen molar-refractivity contribution in [3.8, 4) is 6.07 Å². The predicted molar refractivity (Wildman–Crippen MR) is 132 cm³/mol. The summed E-state index contributed by atoms with van der Waals surface area (Å²) in [4.78, 5) is 11.5. The van der Waals surface area contributed by atoms with E-state index in [1.54, 1.807) is 0 Å². The van der Waals surface area contributed by atoms with Gasteiger partial charge in [-0.3, -0.25) is 14.8 Å². The van der Waals surface area contributed by atoms with Crippen molar-refractivity contribution in [2.45, 2.75) is 76.3 Å². The fourth-order valence-corrected chi connectivity index (χ4v) is 6.81. The fraction of sp³-hybridized carbons (Fsp3) is 0.654. The number of ether oxygens (including phenoxy) is 1. The van der Waals surface area contributed by atoms with Gasteiger partial charge in [-0.25, -0.2) is 0 Å². The number of aliphatic imine (C=N–C) groups is 1. The quantitative estimate of drug-likeness (QED) is 0.601. The summed E-state index contributed by atoms with van der Waals surface area (Å²) in [7, 11) is 0. The van der Waals surface area contributed by atoms with Gasteiger partial charge in [0.25, 0.3) is 0 Å². The van der Waals surface area contributed by atoms with Crippen LogP contribution in [0.3, 0.4) is 0 Å². The molecule has 170 valence electrons. The summed E-state index contributed by atoms with van der Waals surface area (Å²) in [6.45, 7) is 3.46. The number of nitrogens with zero attached hydrogens (tertiary/aromatic N) is 4. The minimum Gasteiger partial charge on any atom is -0.379 e. The molecule has 0 amide bonds. The van der Waals surface area contributed by atoms with Gasteiger partial charge in [-0.05, 0) is 49.9 Å². The van der Waals surface area contributed by atoms with Gasteiger partial charge in [0.1, 0.15) is 5.84 Å². The fourth-order valence-electron chi connectivity index (χ4n) is 6.29. The summed E-state index contributed by atoms with van der Waals surface area (Å²) in [6, 6.07) is 10.8. The molecule has 6 heteroatoms.